The quantitative estimate of drug-likeness (QED) is 0.702. The van der Waals surface area contributed by atoms with Gasteiger partial charge < -0.3 is 15.7 Å². The Morgan fingerprint density at radius 2 is 1.64 bits per heavy atom. The van der Waals surface area contributed by atoms with Gasteiger partial charge in [-0.1, -0.05) is 48.5 Å². The molecule has 116 valence electrons. The summed E-state index contributed by atoms with van der Waals surface area (Å²) in [5.41, 5.74) is 1.92. The van der Waals surface area contributed by atoms with Crippen LogP contribution in [0.5, 0.6) is 0 Å². The SMILES string of the molecule is O=C(CNC(CCCO)c1ccccc1)Nc1ccccc1. The fourth-order valence-corrected chi connectivity index (χ4v) is 2.31. The molecule has 4 nitrogen and oxygen atoms in total. The molecule has 0 fully saturated rings. The molecule has 0 aliphatic carbocycles. The van der Waals surface area contributed by atoms with Gasteiger partial charge in [0.2, 0.25) is 5.91 Å². The van der Waals surface area contributed by atoms with E-state index in [1.165, 1.54) is 0 Å². The first-order valence-corrected chi connectivity index (χ1v) is 7.53. The topological polar surface area (TPSA) is 61.4 Å². The third-order valence-electron chi connectivity index (χ3n) is 3.42. The van der Waals surface area contributed by atoms with E-state index in [0.717, 1.165) is 17.7 Å². The van der Waals surface area contributed by atoms with Gasteiger partial charge in [0.1, 0.15) is 0 Å². The van der Waals surface area contributed by atoms with Crippen LogP contribution in [0, 0.1) is 0 Å². The van der Waals surface area contributed by atoms with Crippen molar-refractivity contribution in [3.8, 4) is 0 Å². The van der Waals surface area contributed by atoms with Gasteiger partial charge in [0, 0.05) is 18.3 Å². The molecule has 1 unspecified atom stereocenters. The van der Waals surface area contributed by atoms with E-state index in [4.69, 9.17) is 5.11 Å². The smallest absolute Gasteiger partial charge is 0.238 e. The lowest BCUT2D eigenvalue weighted by Gasteiger charge is -2.18. The van der Waals surface area contributed by atoms with E-state index in [1.807, 2.05) is 60.7 Å². The highest BCUT2D eigenvalue weighted by atomic mass is 16.2. The van der Waals surface area contributed by atoms with E-state index < -0.39 is 0 Å². The number of hydrogen-bond donors (Lipinski definition) is 3. The lowest BCUT2D eigenvalue weighted by atomic mass is 10.0. The predicted molar refractivity (Wildman–Crippen MR) is 88.6 cm³/mol. The molecule has 0 radical (unpaired) electrons. The zero-order valence-corrected chi connectivity index (χ0v) is 12.5. The standard InChI is InChI=1S/C18H22N2O2/c21-13-7-12-17(15-8-3-1-4-9-15)19-14-18(22)20-16-10-5-2-6-11-16/h1-6,8-11,17,19,21H,7,12-14H2,(H,20,22). The van der Waals surface area contributed by atoms with Crippen molar-refractivity contribution >= 4 is 11.6 Å². The number of carbonyl (C=O) groups is 1. The molecule has 0 saturated carbocycles. The summed E-state index contributed by atoms with van der Waals surface area (Å²) < 4.78 is 0. The highest BCUT2D eigenvalue weighted by Gasteiger charge is 2.12. The number of nitrogens with one attached hydrogen (secondary N) is 2. The normalized spacial score (nSPS) is 11.9. The van der Waals surface area contributed by atoms with Crippen molar-refractivity contribution in [3.05, 3.63) is 66.2 Å². The van der Waals surface area contributed by atoms with Crippen molar-refractivity contribution in [2.45, 2.75) is 18.9 Å². The Morgan fingerprint density at radius 3 is 2.27 bits per heavy atom. The lowest BCUT2D eigenvalue weighted by Crippen LogP contribution is -2.31. The van der Waals surface area contributed by atoms with Gasteiger partial charge in [-0.3, -0.25) is 4.79 Å². The second kappa shape index (κ2) is 8.97. The van der Waals surface area contributed by atoms with Gasteiger partial charge in [0.05, 0.1) is 6.54 Å². The summed E-state index contributed by atoms with van der Waals surface area (Å²) in [6.07, 6.45) is 1.49. The van der Waals surface area contributed by atoms with Crippen molar-refractivity contribution in [2.75, 3.05) is 18.5 Å². The zero-order valence-electron chi connectivity index (χ0n) is 12.5. The Hall–Kier alpha value is -2.17. The van der Waals surface area contributed by atoms with Crippen molar-refractivity contribution < 1.29 is 9.90 Å². The Balaban J connectivity index is 1.89. The van der Waals surface area contributed by atoms with Gasteiger partial charge in [-0.15, -0.1) is 0 Å². The highest BCUT2D eigenvalue weighted by molar-refractivity contribution is 5.92. The summed E-state index contributed by atoms with van der Waals surface area (Å²) in [7, 11) is 0. The Morgan fingerprint density at radius 1 is 1.00 bits per heavy atom. The van der Waals surface area contributed by atoms with Crippen LogP contribution in [0.15, 0.2) is 60.7 Å². The van der Waals surface area contributed by atoms with Crippen LogP contribution in [0.25, 0.3) is 0 Å². The average molecular weight is 298 g/mol. The zero-order chi connectivity index (χ0) is 15.6. The monoisotopic (exact) mass is 298 g/mol. The molecule has 0 bridgehead atoms. The molecule has 0 saturated heterocycles. The number of anilines is 1. The molecular weight excluding hydrogens is 276 g/mol. The van der Waals surface area contributed by atoms with Gasteiger partial charge >= 0.3 is 0 Å². The summed E-state index contributed by atoms with van der Waals surface area (Å²) in [6.45, 7) is 0.390. The summed E-state index contributed by atoms with van der Waals surface area (Å²) >= 11 is 0. The number of rotatable bonds is 8. The van der Waals surface area contributed by atoms with E-state index in [1.54, 1.807) is 0 Å². The molecule has 0 aliphatic rings. The average Bonchev–Trinajstić information content (AvgIpc) is 2.57. The van der Waals surface area contributed by atoms with E-state index in [-0.39, 0.29) is 25.1 Å². The lowest BCUT2D eigenvalue weighted by molar-refractivity contribution is -0.115. The maximum atomic E-state index is 12.0. The molecule has 22 heavy (non-hydrogen) atoms. The molecule has 0 aliphatic heterocycles. The third kappa shape index (κ3) is 5.31. The van der Waals surface area contributed by atoms with Crippen LogP contribution in [0.4, 0.5) is 5.69 Å². The molecule has 1 amide bonds. The largest absolute Gasteiger partial charge is 0.396 e. The van der Waals surface area contributed by atoms with Gasteiger partial charge in [-0.25, -0.2) is 0 Å². The van der Waals surface area contributed by atoms with E-state index in [2.05, 4.69) is 10.6 Å². The maximum Gasteiger partial charge on any atom is 0.238 e. The number of aliphatic hydroxyl groups is 1. The van der Waals surface area contributed by atoms with Crippen LogP contribution in [0.1, 0.15) is 24.4 Å². The first-order chi connectivity index (χ1) is 10.8. The second-order valence-corrected chi connectivity index (χ2v) is 5.12. The first-order valence-electron chi connectivity index (χ1n) is 7.53. The maximum absolute atomic E-state index is 12.0. The Bertz CT molecular complexity index is 558. The molecule has 2 aromatic carbocycles. The third-order valence-corrected chi connectivity index (χ3v) is 3.42. The van der Waals surface area contributed by atoms with Crippen molar-refractivity contribution in [1.82, 2.24) is 5.32 Å². The molecule has 0 spiro atoms. The highest BCUT2D eigenvalue weighted by Crippen LogP contribution is 2.17. The minimum Gasteiger partial charge on any atom is -0.396 e. The number of carbonyl (C=O) groups excluding carboxylic acids is 1. The minimum absolute atomic E-state index is 0.0647. The van der Waals surface area contributed by atoms with Crippen LogP contribution < -0.4 is 10.6 Å². The van der Waals surface area contributed by atoms with Crippen LogP contribution in [-0.4, -0.2) is 24.2 Å². The number of aliphatic hydroxyl groups excluding tert-OH is 1. The predicted octanol–water partition coefficient (Wildman–Crippen LogP) is 2.73. The van der Waals surface area contributed by atoms with Gasteiger partial charge in [0.15, 0.2) is 0 Å². The Labute approximate surface area is 131 Å². The first kappa shape index (κ1) is 16.2. The van der Waals surface area contributed by atoms with Crippen LogP contribution in [-0.2, 0) is 4.79 Å². The summed E-state index contributed by atoms with van der Waals surface area (Å²) in [6, 6.07) is 19.5. The van der Waals surface area contributed by atoms with E-state index in [9.17, 15) is 4.79 Å². The molecule has 2 rings (SSSR count). The number of amides is 1. The molecule has 1 atom stereocenters. The summed E-state index contributed by atoms with van der Waals surface area (Å²) in [4.78, 5) is 12.0. The van der Waals surface area contributed by atoms with E-state index in [0.29, 0.717) is 6.42 Å². The van der Waals surface area contributed by atoms with Crippen LogP contribution >= 0.6 is 0 Å². The van der Waals surface area contributed by atoms with Crippen LogP contribution in [0.2, 0.25) is 0 Å². The molecule has 3 N–H and O–H groups in total. The van der Waals surface area contributed by atoms with Gasteiger partial charge in [0.25, 0.3) is 0 Å². The second-order valence-electron chi connectivity index (χ2n) is 5.12. The molecule has 2 aromatic rings. The number of para-hydroxylation sites is 1. The van der Waals surface area contributed by atoms with Crippen molar-refractivity contribution in [3.63, 3.8) is 0 Å². The summed E-state index contributed by atoms with van der Waals surface area (Å²) in [5.74, 6) is -0.0730. The molecule has 4 heteroatoms. The molecule has 0 aromatic heterocycles. The van der Waals surface area contributed by atoms with Gasteiger partial charge in [-0.2, -0.15) is 0 Å². The fraction of sp³-hybridized carbons (Fsp3) is 0.278. The van der Waals surface area contributed by atoms with Gasteiger partial charge in [-0.05, 0) is 30.5 Å². The van der Waals surface area contributed by atoms with Crippen molar-refractivity contribution in [2.24, 2.45) is 0 Å². The van der Waals surface area contributed by atoms with E-state index >= 15 is 0 Å². The summed E-state index contributed by atoms with van der Waals surface area (Å²) in [5, 5.41) is 15.1. The Kier molecular flexibility index (Phi) is 6.61. The van der Waals surface area contributed by atoms with Crippen LogP contribution in [0.3, 0.4) is 0 Å². The molecule has 0 heterocycles. The number of hydrogen-bond acceptors (Lipinski definition) is 3. The number of benzene rings is 2. The van der Waals surface area contributed by atoms with Crippen molar-refractivity contribution in [1.29, 1.82) is 0 Å². The minimum atomic E-state index is -0.0730. The molecular formula is C18H22N2O2. The fourth-order valence-electron chi connectivity index (χ4n) is 2.31.